The third-order valence-electron chi connectivity index (χ3n) is 2.92. The standard InChI is InChI=1S/C13H15Cl2N3O/c1-8-10(13(15)18(2)17-8)7-19-12-5-3-4-11(14)9(12)6-16/h3-5H,6-7,16H2,1-2H3. The fourth-order valence-corrected chi connectivity index (χ4v) is 2.33. The van der Waals surface area contributed by atoms with Gasteiger partial charge >= 0.3 is 0 Å². The average molecular weight is 300 g/mol. The van der Waals surface area contributed by atoms with Crippen molar-refractivity contribution < 1.29 is 4.74 Å². The van der Waals surface area contributed by atoms with Gasteiger partial charge in [0.15, 0.2) is 0 Å². The van der Waals surface area contributed by atoms with Gasteiger partial charge in [0.2, 0.25) is 0 Å². The van der Waals surface area contributed by atoms with Gasteiger partial charge < -0.3 is 10.5 Å². The zero-order chi connectivity index (χ0) is 14.0. The minimum atomic E-state index is 0.328. The number of ether oxygens (including phenoxy) is 1. The van der Waals surface area contributed by atoms with Crippen LogP contribution < -0.4 is 10.5 Å². The third kappa shape index (κ3) is 2.86. The van der Waals surface area contributed by atoms with Gasteiger partial charge in [-0.2, -0.15) is 5.10 Å². The Bertz CT molecular complexity index is 596. The summed E-state index contributed by atoms with van der Waals surface area (Å²) >= 11 is 12.2. The molecule has 2 rings (SSSR count). The lowest BCUT2D eigenvalue weighted by molar-refractivity contribution is 0.302. The molecular weight excluding hydrogens is 285 g/mol. The van der Waals surface area contributed by atoms with E-state index < -0.39 is 0 Å². The monoisotopic (exact) mass is 299 g/mol. The molecule has 0 atom stereocenters. The number of nitrogens with zero attached hydrogens (tertiary/aromatic N) is 2. The van der Waals surface area contributed by atoms with Crippen LogP contribution in [0.4, 0.5) is 0 Å². The Hall–Kier alpha value is -1.23. The summed E-state index contributed by atoms with van der Waals surface area (Å²) in [6.45, 7) is 2.56. The van der Waals surface area contributed by atoms with Crippen LogP contribution in [0.1, 0.15) is 16.8 Å². The first kappa shape index (κ1) is 14.2. The largest absolute Gasteiger partial charge is 0.488 e. The van der Waals surface area contributed by atoms with Crippen molar-refractivity contribution in [1.29, 1.82) is 0 Å². The zero-order valence-corrected chi connectivity index (χ0v) is 12.3. The number of hydrogen-bond donors (Lipinski definition) is 1. The van der Waals surface area contributed by atoms with E-state index >= 15 is 0 Å². The van der Waals surface area contributed by atoms with E-state index in [0.29, 0.717) is 29.1 Å². The summed E-state index contributed by atoms with van der Waals surface area (Å²) in [5, 5.41) is 5.42. The van der Waals surface area contributed by atoms with Gasteiger partial charge in [-0.15, -0.1) is 0 Å². The number of hydrogen-bond acceptors (Lipinski definition) is 3. The molecule has 0 unspecified atom stereocenters. The van der Waals surface area contributed by atoms with Crippen molar-refractivity contribution in [3.8, 4) is 5.75 Å². The Morgan fingerprint density at radius 3 is 2.63 bits per heavy atom. The van der Waals surface area contributed by atoms with E-state index in [4.69, 9.17) is 33.7 Å². The Balaban J connectivity index is 2.21. The molecule has 0 radical (unpaired) electrons. The Labute approximate surface area is 122 Å². The number of benzene rings is 1. The maximum absolute atomic E-state index is 6.15. The van der Waals surface area contributed by atoms with Gasteiger partial charge in [-0.25, -0.2) is 0 Å². The smallest absolute Gasteiger partial charge is 0.133 e. The molecule has 0 spiro atoms. The molecular formula is C13H15Cl2N3O. The molecule has 0 aliphatic heterocycles. The quantitative estimate of drug-likeness (QED) is 0.944. The van der Waals surface area contributed by atoms with Crippen LogP contribution in [0.3, 0.4) is 0 Å². The van der Waals surface area contributed by atoms with Crippen molar-refractivity contribution in [2.24, 2.45) is 12.8 Å². The molecule has 1 aromatic heterocycles. The fourth-order valence-electron chi connectivity index (χ4n) is 1.86. The molecule has 2 aromatic rings. The molecule has 0 saturated carbocycles. The molecule has 4 nitrogen and oxygen atoms in total. The van der Waals surface area contributed by atoms with Crippen LogP contribution in [0.15, 0.2) is 18.2 Å². The van der Waals surface area contributed by atoms with Gasteiger partial charge in [0, 0.05) is 29.7 Å². The second kappa shape index (κ2) is 5.82. The highest BCUT2D eigenvalue weighted by Crippen LogP contribution is 2.28. The van der Waals surface area contributed by atoms with E-state index in [0.717, 1.165) is 16.8 Å². The van der Waals surface area contributed by atoms with Gasteiger partial charge in [0.05, 0.1) is 5.69 Å². The molecule has 6 heteroatoms. The number of aryl methyl sites for hydroxylation is 2. The van der Waals surface area contributed by atoms with Crippen LogP contribution >= 0.6 is 23.2 Å². The van der Waals surface area contributed by atoms with Crippen LogP contribution in [0.2, 0.25) is 10.2 Å². The van der Waals surface area contributed by atoms with Crippen molar-refractivity contribution in [3.05, 3.63) is 45.2 Å². The Morgan fingerprint density at radius 1 is 1.32 bits per heavy atom. The SMILES string of the molecule is Cc1nn(C)c(Cl)c1COc1cccc(Cl)c1CN. The molecule has 1 heterocycles. The predicted molar refractivity (Wildman–Crippen MR) is 76.6 cm³/mol. The molecule has 0 aliphatic carbocycles. The molecule has 19 heavy (non-hydrogen) atoms. The summed E-state index contributed by atoms with van der Waals surface area (Å²) in [5.74, 6) is 0.675. The second-order valence-electron chi connectivity index (χ2n) is 4.19. The fraction of sp³-hybridized carbons (Fsp3) is 0.308. The summed E-state index contributed by atoms with van der Waals surface area (Å²) in [4.78, 5) is 0. The van der Waals surface area contributed by atoms with E-state index in [9.17, 15) is 0 Å². The predicted octanol–water partition coefficient (Wildman–Crippen LogP) is 3.07. The van der Waals surface area contributed by atoms with Crippen molar-refractivity contribution >= 4 is 23.2 Å². The lowest BCUT2D eigenvalue weighted by Gasteiger charge is -2.11. The number of nitrogens with two attached hydrogens (primary N) is 1. The number of aromatic nitrogens is 2. The average Bonchev–Trinajstić information content (AvgIpc) is 2.61. The molecule has 0 fully saturated rings. The minimum Gasteiger partial charge on any atom is -0.488 e. The summed E-state index contributed by atoms with van der Waals surface area (Å²) in [6, 6.07) is 5.46. The van der Waals surface area contributed by atoms with Gasteiger partial charge in [-0.1, -0.05) is 29.3 Å². The Kier molecular flexibility index (Phi) is 4.34. The van der Waals surface area contributed by atoms with Crippen LogP contribution in [0, 0.1) is 6.92 Å². The first-order valence-electron chi connectivity index (χ1n) is 5.82. The van der Waals surface area contributed by atoms with Gasteiger partial charge in [0.1, 0.15) is 17.5 Å². The van der Waals surface area contributed by atoms with E-state index in [1.165, 1.54) is 0 Å². The highest BCUT2D eigenvalue weighted by molar-refractivity contribution is 6.31. The molecule has 0 bridgehead atoms. The number of rotatable bonds is 4. The van der Waals surface area contributed by atoms with Crippen LogP contribution in [-0.2, 0) is 20.2 Å². The molecule has 0 amide bonds. The first-order chi connectivity index (χ1) is 9.04. The van der Waals surface area contributed by atoms with E-state index in [-0.39, 0.29) is 0 Å². The normalized spacial score (nSPS) is 10.8. The van der Waals surface area contributed by atoms with Crippen molar-refractivity contribution in [1.82, 2.24) is 9.78 Å². The topological polar surface area (TPSA) is 53.1 Å². The highest BCUT2D eigenvalue weighted by atomic mass is 35.5. The summed E-state index contributed by atoms with van der Waals surface area (Å²) < 4.78 is 7.39. The molecule has 102 valence electrons. The minimum absolute atomic E-state index is 0.328. The molecule has 0 aliphatic rings. The van der Waals surface area contributed by atoms with E-state index in [2.05, 4.69) is 5.10 Å². The number of halogens is 2. The zero-order valence-electron chi connectivity index (χ0n) is 10.8. The Morgan fingerprint density at radius 2 is 2.05 bits per heavy atom. The molecule has 2 N–H and O–H groups in total. The van der Waals surface area contributed by atoms with Crippen LogP contribution in [-0.4, -0.2) is 9.78 Å². The van der Waals surface area contributed by atoms with Crippen molar-refractivity contribution in [2.75, 3.05) is 0 Å². The lowest BCUT2D eigenvalue weighted by Crippen LogP contribution is -2.04. The maximum Gasteiger partial charge on any atom is 0.133 e. The van der Waals surface area contributed by atoms with Crippen molar-refractivity contribution in [3.63, 3.8) is 0 Å². The molecule has 1 aromatic carbocycles. The van der Waals surface area contributed by atoms with E-state index in [1.807, 2.05) is 19.1 Å². The summed E-state index contributed by atoms with van der Waals surface area (Å²) in [6.07, 6.45) is 0. The van der Waals surface area contributed by atoms with Crippen molar-refractivity contribution in [2.45, 2.75) is 20.1 Å². The maximum atomic E-state index is 6.15. The third-order valence-corrected chi connectivity index (χ3v) is 3.75. The second-order valence-corrected chi connectivity index (χ2v) is 4.95. The molecule has 0 saturated heterocycles. The highest BCUT2D eigenvalue weighted by Gasteiger charge is 2.13. The summed E-state index contributed by atoms with van der Waals surface area (Å²) in [7, 11) is 1.80. The van der Waals surface area contributed by atoms with Gasteiger partial charge in [-0.3, -0.25) is 4.68 Å². The van der Waals surface area contributed by atoms with Gasteiger partial charge in [-0.05, 0) is 19.1 Å². The lowest BCUT2D eigenvalue weighted by atomic mass is 10.2. The van der Waals surface area contributed by atoms with Crippen LogP contribution in [0.25, 0.3) is 0 Å². The van der Waals surface area contributed by atoms with Gasteiger partial charge in [0.25, 0.3) is 0 Å². The van der Waals surface area contributed by atoms with E-state index in [1.54, 1.807) is 17.8 Å². The van der Waals surface area contributed by atoms with Crippen LogP contribution in [0.5, 0.6) is 5.75 Å². The summed E-state index contributed by atoms with van der Waals surface area (Å²) in [5.41, 5.74) is 8.19. The first-order valence-corrected chi connectivity index (χ1v) is 6.58.